The molecule has 1 saturated heterocycles. The minimum absolute atomic E-state index is 0.388. The van der Waals surface area contributed by atoms with Gasteiger partial charge in [0.1, 0.15) is 5.82 Å². The van der Waals surface area contributed by atoms with E-state index in [-0.39, 0.29) is 0 Å². The van der Waals surface area contributed by atoms with Crippen molar-refractivity contribution in [2.45, 2.75) is 13.5 Å². The van der Waals surface area contributed by atoms with Crippen molar-refractivity contribution in [1.29, 1.82) is 0 Å². The molecule has 0 bridgehead atoms. The molecule has 1 aliphatic rings. The van der Waals surface area contributed by atoms with Gasteiger partial charge in [-0.25, -0.2) is 9.98 Å². The lowest BCUT2D eigenvalue weighted by Crippen LogP contribution is -2.36. The Balaban J connectivity index is 1.62. The second-order valence-electron chi connectivity index (χ2n) is 5.78. The molecule has 6 nitrogen and oxygen atoms in total. The van der Waals surface area contributed by atoms with Crippen molar-refractivity contribution in [3.8, 4) is 0 Å². The highest BCUT2D eigenvalue weighted by molar-refractivity contribution is 5.92. The third kappa shape index (κ3) is 4.45. The van der Waals surface area contributed by atoms with Gasteiger partial charge >= 0.3 is 0 Å². The zero-order valence-corrected chi connectivity index (χ0v) is 13.9. The van der Waals surface area contributed by atoms with E-state index >= 15 is 0 Å². The van der Waals surface area contributed by atoms with Crippen molar-refractivity contribution < 1.29 is 4.74 Å². The molecule has 6 heteroatoms. The Morgan fingerprint density at radius 1 is 1.25 bits per heavy atom. The molecule has 126 valence electrons. The molecule has 1 aromatic heterocycles. The van der Waals surface area contributed by atoms with Crippen molar-refractivity contribution in [1.82, 2.24) is 4.98 Å². The van der Waals surface area contributed by atoms with Gasteiger partial charge in [0.05, 0.1) is 25.5 Å². The Morgan fingerprint density at radius 3 is 2.83 bits per heavy atom. The summed E-state index contributed by atoms with van der Waals surface area (Å²) < 4.78 is 5.38. The van der Waals surface area contributed by atoms with E-state index in [1.165, 1.54) is 5.56 Å². The van der Waals surface area contributed by atoms with Crippen molar-refractivity contribution in [3.63, 3.8) is 0 Å². The SMILES string of the molecule is Cc1cccc(NC(N)=NCc2cccc(N3CCOCC3)n2)c1. The largest absolute Gasteiger partial charge is 0.378 e. The first-order valence-corrected chi connectivity index (χ1v) is 8.13. The standard InChI is InChI=1S/C18H23N5O/c1-14-4-2-5-15(12-14)22-18(19)20-13-16-6-3-7-17(21-16)23-8-10-24-11-9-23/h2-7,12H,8-11,13H2,1H3,(H3,19,20,22). The molecule has 2 aromatic rings. The van der Waals surface area contributed by atoms with Gasteiger partial charge in [-0.1, -0.05) is 18.2 Å². The number of aromatic nitrogens is 1. The van der Waals surface area contributed by atoms with E-state index < -0.39 is 0 Å². The minimum atomic E-state index is 0.388. The first-order valence-electron chi connectivity index (χ1n) is 8.13. The highest BCUT2D eigenvalue weighted by Crippen LogP contribution is 2.14. The second-order valence-corrected chi connectivity index (χ2v) is 5.78. The van der Waals surface area contributed by atoms with E-state index in [1.807, 2.05) is 49.4 Å². The number of rotatable bonds is 4. The minimum Gasteiger partial charge on any atom is -0.378 e. The molecule has 3 rings (SSSR count). The fourth-order valence-corrected chi connectivity index (χ4v) is 2.60. The number of nitrogens with one attached hydrogen (secondary N) is 1. The van der Waals surface area contributed by atoms with Crippen molar-refractivity contribution in [2.24, 2.45) is 10.7 Å². The van der Waals surface area contributed by atoms with Gasteiger partial charge in [0.25, 0.3) is 0 Å². The topological polar surface area (TPSA) is 75.8 Å². The number of aryl methyl sites for hydroxylation is 1. The molecular weight excluding hydrogens is 302 g/mol. The molecule has 2 heterocycles. The summed E-state index contributed by atoms with van der Waals surface area (Å²) in [6, 6.07) is 14.0. The molecule has 0 spiro atoms. The summed E-state index contributed by atoms with van der Waals surface area (Å²) >= 11 is 0. The average Bonchev–Trinajstić information content (AvgIpc) is 2.61. The van der Waals surface area contributed by atoms with Gasteiger partial charge in [-0.05, 0) is 36.8 Å². The van der Waals surface area contributed by atoms with E-state index in [9.17, 15) is 0 Å². The van der Waals surface area contributed by atoms with E-state index in [0.29, 0.717) is 12.5 Å². The van der Waals surface area contributed by atoms with Crippen LogP contribution in [0.1, 0.15) is 11.3 Å². The number of hydrogen-bond acceptors (Lipinski definition) is 4. The summed E-state index contributed by atoms with van der Waals surface area (Å²) in [7, 11) is 0. The van der Waals surface area contributed by atoms with Crippen LogP contribution in [-0.2, 0) is 11.3 Å². The summed E-state index contributed by atoms with van der Waals surface area (Å²) in [5.41, 5.74) is 8.98. The van der Waals surface area contributed by atoms with E-state index in [2.05, 4.69) is 20.2 Å². The van der Waals surface area contributed by atoms with E-state index in [1.54, 1.807) is 0 Å². The maximum absolute atomic E-state index is 5.97. The van der Waals surface area contributed by atoms with Crippen LogP contribution in [0.15, 0.2) is 47.5 Å². The van der Waals surface area contributed by atoms with Crippen LogP contribution in [0.3, 0.4) is 0 Å². The second kappa shape index (κ2) is 7.79. The zero-order chi connectivity index (χ0) is 16.8. The molecule has 0 amide bonds. The smallest absolute Gasteiger partial charge is 0.193 e. The maximum atomic E-state index is 5.97. The highest BCUT2D eigenvalue weighted by Gasteiger charge is 2.12. The third-order valence-electron chi connectivity index (χ3n) is 3.83. The number of morpholine rings is 1. The van der Waals surface area contributed by atoms with Gasteiger partial charge in [0.2, 0.25) is 0 Å². The van der Waals surface area contributed by atoms with Crippen LogP contribution in [0.4, 0.5) is 11.5 Å². The summed E-state index contributed by atoms with van der Waals surface area (Å²) in [6.45, 7) is 5.73. The molecule has 1 fully saturated rings. The van der Waals surface area contributed by atoms with Gasteiger partial charge in [0.15, 0.2) is 5.96 Å². The predicted octanol–water partition coefficient (Wildman–Crippen LogP) is 2.15. The van der Waals surface area contributed by atoms with Crippen LogP contribution in [-0.4, -0.2) is 37.2 Å². The molecule has 3 N–H and O–H groups in total. The van der Waals surface area contributed by atoms with Crippen LogP contribution in [0.2, 0.25) is 0 Å². The van der Waals surface area contributed by atoms with Gasteiger partial charge in [0, 0.05) is 18.8 Å². The Hall–Kier alpha value is -2.60. The number of pyridine rings is 1. The normalized spacial score (nSPS) is 15.4. The van der Waals surface area contributed by atoms with Gasteiger partial charge < -0.3 is 20.7 Å². The Bertz CT molecular complexity index is 710. The van der Waals surface area contributed by atoms with Crippen LogP contribution in [0.25, 0.3) is 0 Å². The summed E-state index contributed by atoms with van der Waals surface area (Å²) in [6.07, 6.45) is 0. The fraction of sp³-hybridized carbons (Fsp3) is 0.333. The first kappa shape index (κ1) is 16.3. The quantitative estimate of drug-likeness (QED) is 0.665. The van der Waals surface area contributed by atoms with Crippen molar-refractivity contribution in [2.75, 3.05) is 36.5 Å². The number of nitrogens with two attached hydrogens (primary N) is 1. The fourth-order valence-electron chi connectivity index (χ4n) is 2.60. The van der Waals surface area contributed by atoms with Crippen LogP contribution < -0.4 is 16.0 Å². The average molecular weight is 325 g/mol. The molecule has 0 saturated carbocycles. The van der Waals surface area contributed by atoms with Gasteiger partial charge in [-0.3, -0.25) is 0 Å². The number of anilines is 2. The first-order chi connectivity index (χ1) is 11.7. The monoisotopic (exact) mass is 325 g/mol. The van der Waals surface area contributed by atoms with Crippen LogP contribution in [0.5, 0.6) is 0 Å². The Morgan fingerprint density at radius 2 is 2.04 bits per heavy atom. The molecule has 0 radical (unpaired) electrons. The number of ether oxygens (including phenoxy) is 1. The summed E-state index contributed by atoms with van der Waals surface area (Å²) in [5.74, 6) is 1.36. The van der Waals surface area contributed by atoms with Crippen LogP contribution in [0, 0.1) is 6.92 Å². The highest BCUT2D eigenvalue weighted by atomic mass is 16.5. The predicted molar refractivity (Wildman–Crippen MR) is 97.4 cm³/mol. The van der Waals surface area contributed by atoms with E-state index in [4.69, 9.17) is 10.5 Å². The maximum Gasteiger partial charge on any atom is 0.193 e. The lowest BCUT2D eigenvalue weighted by atomic mass is 10.2. The number of guanidine groups is 1. The summed E-state index contributed by atoms with van der Waals surface area (Å²) in [4.78, 5) is 11.3. The zero-order valence-electron chi connectivity index (χ0n) is 13.9. The number of hydrogen-bond donors (Lipinski definition) is 2. The molecule has 0 atom stereocenters. The van der Waals surface area contributed by atoms with E-state index in [0.717, 1.165) is 43.5 Å². The molecule has 1 aromatic carbocycles. The number of nitrogens with zero attached hydrogens (tertiary/aromatic N) is 3. The number of benzene rings is 1. The van der Waals surface area contributed by atoms with Crippen molar-refractivity contribution >= 4 is 17.5 Å². The molecule has 0 aliphatic carbocycles. The number of aliphatic imine (C=N–C) groups is 1. The van der Waals surface area contributed by atoms with Gasteiger partial charge in [-0.15, -0.1) is 0 Å². The molecular formula is C18H23N5O. The Kier molecular flexibility index (Phi) is 5.28. The van der Waals surface area contributed by atoms with Crippen molar-refractivity contribution in [3.05, 3.63) is 53.7 Å². The lowest BCUT2D eigenvalue weighted by molar-refractivity contribution is 0.122. The molecule has 24 heavy (non-hydrogen) atoms. The van der Waals surface area contributed by atoms with Gasteiger partial charge in [-0.2, -0.15) is 0 Å². The Labute approximate surface area is 142 Å². The summed E-state index contributed by atoms with van der Waals surface area (Å²) in [5, 5.41) is 3.10. The molecule has 1 aliphatic heterocycles. The van der Waals surface area contributed by atoms with Crippen LogP contribution >= 0.6 is 0 Å². The molecule has 0 unspecified atom stereocenters. The lowest BCUT2D eigenvalue weighted by Gasteiger charge is -2.27. The third-order valence-corrected chi connectivity index (χ3v) is 3.83.